The van der Waals surface area contributed by atoms with Gasteiger partial charge in [0.25, 0.3) is 0 Å². The molecule has 0 saturated heterocycles. The van der Waals surface area contributed by atoms with Crippen LogP contribution >= 0.6 is 12.2 Å². The summed E-state index contributed by atoms with van der Waals surface area (Å²) < 4.78 is 12.3. The van der Waals surface area contributed by atoms with Gasteiger partial charge >= 0.3 is 5.97 Å². The lowest BCUT2D eigenvalue weighted by Crippen LogP contribution is -2.05. The number of aromatic nitrogens is 2. The third-order valence-electron chi connectivity index (χ3n) is 2.86. The molecule has 1 heterocycles. The Balaban J connectivity index is 2.74. The summed E-state index contributed by atoms with van der Waals surface area (Å²) in [6.07, 6.45) is 0. The van der Waals surface area contributed by atoms with Gasteiger partial charge in [0.1, 0.15) is 5.75 Å². The highest BCUT2D eigenvalue weighted by molar-refractivity contribution is 7.71. The molecule has 5 nitrogen and oxygen atoms in total. The molecule has 0 unspecified atom stereocenters. The standard InChI is InChI=1S/C13H14N2O3S/c1-15-11(8-6-4-5-7-9(8)17-2)10(12(16)18-3)14-13(15)19/h4-7H,1-3H3,(H,14,19). The second-order valence-corrected chi connectivity index (χ2v) is 4.29. The first-order chi connectivity index (χ1) is 9.10. The molecular weight excluding hydrogens is 264 g/mol. The molecule has 0 radical (unpaired) electrons. The first-order valence-electron chi connectivity index (χ1n) is 5.60. The van der Waals surface area contributed by atoms with Crippen LogP contribution in [0.2, 0.25) is 0 Å². The van der Waals surface area contributed by atoms with E-state index in [1.165, 1.54) is 7.11 Å². The number of hydrogen-bond donors (Lipinski definition) is 1. The molecule has 2 rings (SSSR count). The molecule has 1 N–H and O–H groups in total. The number of esters is 1. The number of rotatable bonds is 3. The number of carbonyl (C=O) groups is 1. The summed E-state index contributed by atoms with van der Waals surface area (Å²) >= 11 is 5.17. The van der Waals surface area contributed by atoms with Crippen molar-refractivity contribution in [2.75, 3.05) is 14.2 Å². The summed E-state index contributed by atoms with van der Waals surface area (Å²) in [5, 5.41) is 0. The second-order valence-electron chi connectivity index (χ2n) is 3.90. The van der Waals surface area contributed by atoms with E-state index in [1.54, 1.807) is 18.7 Å². The van der Waals surface area contributed by atoms with E-state index in [0.29, 0.717) is 21.9 Å². The second kappa shape index (κ2) is 5.27. The monoisotopic (exact) mass is 278 g/mol. The number of ether oxygens (including phenoxy) is 2. The molecule has 1 aromatic heterocycles. The minimum absolute atomic E-state index is 0.319. The van der Waals surface area contributed by atoms with Crippen LogP contribution in [0.5, 0.6) is 5.75 Å². The third kappa shape index (κ3) is 2.26. The van der Waals surface area contributed by atoms with Gasteiger partial charge in [0.05, 0.1) is 19.9 Å². The largest absolute Gasteiger partial charge is 0.496 e. The van der Waals surface area contributed by atoms with Crippen LogP contribution in [-0.2, 0) is 11.8 Å². The minimum Gasteiger partial charge on any atom is -0.496 e. The lowest BCUT2D eigenvalue weighted by molar-refractivity contribution is 0.0595. The van der Waals surface area contributed by atoms with E-state index in [4.69, 9.17) is 21.7 Å². The number of aromatic amines is 1. The van der Waals surface area contributed by atoms with Gasteiger partial charge in [0.15, 0.2) is 10.5 Å². The quantitative estimate of drug-likeness (QED) is 0.692. The van der Waals surface area contributed by atoms with Crippen molar-refractivity contribution in [2.45, 2.75) is 0 Å². The zero-order valence-corrected chi connectivity index (χ0v) is 11.7. The van der Waals surface area contributed by atoms with Crippen LogP contribution in [0.15, 0.2) is 24.3 Å². The summed E-state index contributed by atoms with van der Waals surface area (Å²) in [4.78, 5) is 14.7. The number of imidazole rings is 1. The molecular formula is C13H14N2O3S. The summed E-state index contributed by atoms with van der Waals surface area (Å²) in [7, 11) is 4.70. The van der Waals surface area contributed by atoms with Gasteiger partial charge in [0.2, 0.25) is 0 Å². The maximum Gasteiger partial charge on any atom is 0.356 e. The summed E-state index contributed by atoms with van der Waals surface area (Å²) in [6.45, 7) is 0. The van der Waals surface area contributed by atoms with Crippen LogP contribution in [0.3, 0.4) is 0 Å². The first kappa shape index (κ1) is 13.4. The highest BCUT2D eigenvalue weighted by atomic mass is 32.1. The van der Waals surface area contributed by atoms with Crippen LogP contribution in [-0.4, -0.2) is 29.7 Å². The van der Waals surface area contributed by atoms with Crippen molar-refractivity contribution in [2.24, 2.45) is 7.05 Å². The van der Waals surface area contributed by atoms with Gasteiger partial charge in [-0.2, -0.15) is 0 Å². The molecule has 0 atom stereocenters. The third-order valence-corrected chi connectivity index (χ3v) is 3.24. The van der Waals surface area contributed by atoms with E-state index >= 15 is 0 Å². The highest BCUT2D eigenvalue weighted by Gasteiger charge is 2.21. The predicted molar refractivity (Wildman–Crippen MR) is 73.9 cm³/mol. The van der Waals surface area contributed by atoms with Crippen molar-refractivity contribution >= 4 is 18.2 Å². The van der Waals surface area contributed by atoms with Crippen LogP contribution in [0, 0.1) is 4.77 Å². The van der Waals surface area contributed by atoms with E-state index in [9.17, 15) is 4.79 Å². The van der Waals surface area contributed by atoms with Gasteiger partial charge in [-0.25, -0.2) is 4.79 Å². The fraction of sp³-hybridized carbons (Fsp3) is 0.231. The Morgan fingerprint density at radius 1 is 1.32 bits per heavy atom. The van der Waals surface area contributed by atoms with Gasteiger partial charge in [-0.1, -0.05) is 12.1 Å². The van der Waals surface area contributed by atoms with Crippen molar-refractivity contribution in [3.8, 4) is 17.0 Å². The average molecular weight is 278 g/mol. The molecule has 6 heteroatoms. The Labute approximate surface area is 115 Å². The Kier molecular flexibility index (Phi) is 3.71. The highest BCUT2D eigenvalue weighted by Crippen LogP contribution is 2.32. The summed E-state index contributed by atoms with van der Waals surface area (Å²) in [6, 6.07) is 7.42. The fourth-order valence-corrected chi connectivity index (χ4v) is 2.12. The summed E-state index contributed by atoms with van der Waals surface area (Å²) in [5.41, 5.74) is 1.74. The molecule has 0 aliphatic heterocycles. The molecule has 19 heavy (non-hydrogen) atoms. The van der Waals surface area contributed by atoms with Crippen LogP contribution in [0.1, 0.15) is 10.5 Å². The van der Waals surface area contributed by atoms with Gasteiger partial charge < -0.3 is 19.0 Å². The van der Waals surface area contributed by atoms with Gasteiger partial charge in [-0.15, -0.1) is 0 Å². The Hall–Kier alpha value is -2.08. The van der Waals surface area contributed by atoms with Gasteiger partial charge in [-0.3, -0.25) is 0 Å². The van der Waals surface area contributed by atoms with Crippen molar-refractivity contribution in [1.29, 1.82) is 0 Å². The normalized spacial score (nSPS) is 10.3. The number of nitrogens with one attached hydrogen (secondary N) is 1. The van der Waals surface area contributed by atoms with Crippen LogP contribution < -0.4 is 4.74 Å². The number of nitrogens with zero attached hydrogens (tertiary/aromatic N) is 1. The number of hydrogen-bond acceptors (Lipinski definition) is 4. The molecule has 0 amide bonds. The number of benzene rings is 1. The molecule has 0 aliphatic rings. The molecule has 2 aromatic rings. The summed E-state index contributed by atoms with van der Waals surface area (Å²) in [5.74, 6) is 0.199. The Morgan fingerprint density at radius 3 is 2.63 bits per heavy atom. The Bertz CT molecular complexity index is 673. The zero-order valence-electron chi connectivity index (χ0n) is 10.9. The van der Waals surface area contributed by atoms with E-state index in [-0.39, 0.29) is 0 Å². The first-order valence-corrected chi connectivity index (χ1v) is 6.01. The molecule has 0 saturated carbocycles. The SMILES string of the molecule is COC(=O)c1[nH]c(=S)n(C)c1-c1ccccc1OC. The maximum atomic E-state index is 11.8. The number of methoxy groups -OCH3 is 2. The van der Waals surface area contributed by atoms with Crippen molar-refractivity contribution < 1.29 is 14.3 Å². The molecule has 0 aliphatic carbocycles. The van der Waals surface area contributed by atoms with Crippen molar-refractivity contribution in [3.05, 3.63) is 34.7 Å². The van der Waals surface area contributed by atoms with Gasteiger partial charge in [-0.05, 0) is 24.4 Å². The number of carbonyl (C=O) groups excluding carboxylic acids is 1. The average Bonchev–Trinajstić information content (AvgIpc) is 2.74. The topological polar surface area (TPSA) is 56.2 Å². The lowest BCUT2D eigenvalue weighted by Gasteiger charge is -2.10. The number of H-pyrrole nitrogens is 1. The van der Waals surface area contributed by atoms with E-state index in [1.807, 2.05) is 24.3 Å². The minimum atomic E-state index is -0.465. The van der Waals surface area contributed by atoms with Crippen molar-refractivity contribution in [1.82, 2.24) is 9.55 Å². The molecule has 0 bridgehead atoms. The van der Waals surface area contributed by atoms with E-state index in [0.717, 1.165) is 5.56 Å². The maximum absolute atomic E-state index is 11.8. The molecule has 1 aromatic carbocycles. The molecule has 100 valence electrons. The smallest absolute Gasteiger partial charge is 0.356 e. The number of para-hydroxylation sites is 1. The molecule has 0 fully saturated rings. The molecule has 0 spiro atoms. The van der Waals surface area contributed by atoms with Gasteiger partial charge in [0, 0.05) is 12.6 Å². The predicted octanol–water partition coefficient (Wildman–Crippen LogP) is 2.54. The zero-order chi connectivity index (χ0) is 14.0. The fourth-order valence-electron chi connectivity index (χ4n) is 1.92. The van der Waals surface area contributed by atoms with E-state index < -0.39 is 5.97 Å². The van der Waals surface area contributed by atoms with Crippen LogP contribution in [0.25, 0.3) is 11.3 Å². The lowest BCUT2D eigenvalue weighted by atomic mass is 10.1. The van der Waals surface area contributed by atoms with Crippen LogP contribution in [0.4, 0.5) is 0 Å². The van der Waals surface area contributed by atoms with E-state index in [2.05, 4.69) is 4.98 Å². The Morgan fingerprint density at radius 2 is 2.00 bits per heavy atom. The van der Waals surface area contributed by atoms with Crippen molar-refractivity contribution in [3.63, 3.8) is 0 Å².